The molecule has 0 saturated heterocycles. The smallest absolute Gasteiger partial charge is 0.131 e. The number of nitrogens with zero attached hydrogens (tertiary/aromatic N) is 2. The van der Waals surface area contributed by atoms with Crippen molar-refractivity contribution in [3.05, 3.63) is 52.3 Å². The van der Waals surface area contributed by atoms with Gasteiger partial charge in [0.25, 0.3) is 0 Å². The predicted molar refractivity (Wildman–Crippen MR) is 69.9 cm³/mol. The molecule has 1 heterocycles. The molecule has 0 aliphatic carbocycles. The van der Waals surface area contributed by atoms with Crippen molar-refractivity contribution in [1.29, 1.82) is 0 Å². The Morgan fingerprint density at radius 1 is 1.16 bits per heavy atom. The fourth-order valence-electron chi connectivity index (χ4n) is 2.23. The van der Waals surface area contributed by atoms with Gasteiger partial charge in [0, 0.05) is 11.3 Å². The normalized spacial score (nSPS) is 11.0. The molecule has 0 aliphatic rings. The molecule has 19 heavy (non-hydrogen) atoms. The summed E-state index contributed by atoms with van der Waals surface area (Å²) in [6, 6.07) is 3.87. The first-order valence-corrected chi connectivity index (χ1v) is 6.20. The van der Waals surface area contributed by atoms with Gasteiger partial charge in [-0.3, -0.25) is 4.68 Å². The van der Waals surface area contributed by atoms with Crippen molar-refractivity contribution in [2.24, 2.45) is 5.73 Å². The molecule has 1 aromatic carbocycles. The summed E-state index contributed by atoms with van der Waals surface area (Å²) in [5.74, 6) is -1.10. The van der Waals surface area contributed by atoms with E-state index in [0.717, 1.165) is 23.4 Å². The Morgan fingerprint density at radius 3 is 2.37 bits per heavy atom. The highest BCUT2D eigenvalue weighted by atomic mass is 19.1. The number of rotatable bonds is 4. The van der Waals surface area contributed by atoms with E-state index in [4.69, 9.17) is 5.73 Å². The second-order valence-electron chi connectivity index (χ2n) is 4.55. The van der Waals surface area contributed by atoms with Crippen LogP contribution in [0, 0.1) is 25.5 Å². The number of aromatic nitrogens is 2. The van der Waals surface area contributed by atoms with Crippen molar-refractivity contribution in [1.82, 2.24) is 9.78 Å². The van der Waals surface area contributed by atoms with Crippen LogP contribution in [-0.4, -0.2) is 16.3 Å². The minimum atomic E-state index is -0.548. The molecule has 5 heteroatoms. The van der Waals surface area contributed by atoms with E-state index in [1.165, 1.54) is 18.2 Å². The molecule has 3 nitrogen and oxygen atoms in total. The second-order valence-corrected chi connectivity index (χ2v) is 4.55. The maximum absolute atomic E-state index is 13.6. The lowest BCUT2D eigenvalue weighted by molar-refractivity contribution is 0.528. The molecule has 102 valence electrons. The van der Waals surface area contributed by atoms with Crippen LogP contribution in [0.3, 0.4) is 0 Å². The number of benzene rings is 1. The molecule has 1 aromatic heterocycles. The van der Waals surface area contributed by atoms with Crippen molar-refractivity contribution in [3.63, 3.8) is 0 Å². The summed E-state index contributed by atoms with van der Waals surface area (Å²) < 4.78 is 28.9. The van der Waals surface area contributed by atoms with Gasteiger partial charge >= 0.3 is 0 Å². The Morgan fingerprint density at radius 2 is 1.79 bits per heavy atom. The highest BCUT2D eigenvalue weighted by molar-refractivity contribution is 5.27. The molecule has 0 unspecified atom stereocenters. The highest BCUT2D eigenvalue weighted by Crippen LogP contribution is 2.18. The van der Waals surface area contributed by atoms with Crippen molar-refractivity contribution in [2.75, 3.05) is 6.54 Å². The summed E-state index contributed by atoms with van der Waals surface area (Å²) in [5.41, 5.74) is 8.41. The fraction of sp³-hybridized carbons (Fsp3) is 0.357. The monoisotopic (exact) mass is 265 g/mol. The molecule has 0 bridgehead atoms. The standard InChI is InChI=1S/C14H17F2N3/c1-9-11(6-7-17)10(2)19(18-9)8-12-13(15)4-3-5-14(12)16/h3-5H,6-8,17H2,1-2H3. The average molecular weight is 265 g/mol. The van der Waals surface area contributed by atoms with E-state index in [1.54, 1.807) is 4.68 Å². The summed E-state index contributed by atoms with van der Waals surface area (Å²) in [6.45, 7) is 4.40. The average Bonchev–Trinajstić information content (AvgIpc) is 2.62. The van der Waals surface area contributed by atoms with Gasteiger partial charge in [0.1, 0.15) is 11.6 Å². The van der Waals surface area contributed by atoms with E-state index in [1.807, 2.05) is 13.8 Å². The van der Waals surface area contributed by atoms with Crippen LogP contribution in [0.25, 0.3) is 0 Å². The van der Waals surface area contributed by atoms with E-state index >= 15 is 0 Å². The molecule has 0 aliphatic heterocycles. The lowest BCUT2D eigenvalue weighted by atomic mass is 10.1. The van der Waals surface area contributed by atoms with Gasteiger partial charge in [-0.05, 0) is 44.5 Å². The van der Waals surface area contributed by atoms with E-state index in [9.17, 15) is 8.78 Å². The third kappa shape index (κ3) is 2.66. The van der Waals surface area contributed by atoms with Gasteiger partial charge < -0.3 is 5.73 Å². The number of halogens is 2. The van der Waals surface area contributed by atoms with Crippen LogP contribution in [0.5, 0.6) is 0 Å². The molecule has 0 fully saturated rings. The molecule has 0 radical (unpaired) electrons. The van der Waals surface area contributed by atoms with Crippen LogP contribution in [0.15, 0.2) is 18.2 Å². The fourth-order valence-corrected chi connectivity index (χ4v) is 2.23. The van der Waals surface area contributed by atoms with Gasteiger partial charge in [0.2, 0.25) is 0 Å². The zero-order valence-corrected chi connectivity index (χ0v) is 11.1. The van der Waals surface area contributed by atoms with Gasteiger partial charge in [-0.15, -0.1) is 0 Å². The Kier molecular flexibility index (Phi) is 3.95. The highest BCUT2D eigenvalue weighted by Gasteiger charge is 2.14. The van der Waals surface area contributed by atoms with Gasteiger partial charge in [-0.25, -0.2) is 8.78 Å². The molecule has 0 atom stereocenters. The van der Waals surface area contributed by atoms with Crippen LogP contribution < -0.4 is 5.73 Å². The van der Waals surface area contributed by atoms with Gasteiger partial charge in [-0.2, -0.15) is 5.10 Å². The Labute approximate surface area is 111 Å². The van der Waals surface area contributed by atoms with Crippen LogP contribution in [-0.2, 0) is 13.0 Å². The summed E-state index contributed by atoms with van der Waals surface area (Å²) in [7, 11) is 0. The van der Waals surface area contributed by atoms with Crippen LogP contribution in [0.1, 0.15) is 22.5 Å². The summed E-state index contributed by atoms with van der Waals surface area (Å²) >= 11 is 0. The minimum absolute atomic E-state index is 0.0346. The quantitative estimate of drug-likeness (QED) is 0.922. The zero-order chi connectivity index (χ0) is 14.0. The Bertz CT molecular complexity index is 570. The van der Waals surface area contributed by atoms with Gasteiger partial charge in [0.15, 0.2) is 0 Å². The molecule has 0 amide bonds. The number of hydrogen-bond acceptors (Lipinski definition) is 2. The maximum Gasteiger partial charge on any atom is 0.131 e. The van der Waals surface area contributed by atoms with Crippen LogP contribution in [0.2, 0.25) is 0 Å². The lowest BCUT2D eigenvalue weighted by Crippen LogP contribution is -2.09. The summed E-state index contributed by atoms with van der Waals surface area (Å²) in [4.78, 5) is 0. The molecule has 2 N–H and O–H groups in total. The van der Waals surface area contributed by atoms with Crippen molar-refractivity contribution >= 4 is 0 Å². The van der Waals surface area contributed by atoms with E-state index < -0.39 is 11.6 Å². The summed E-state index contributed by atoms with van der Waals surface area (Å²) in [6.07, 6.45) is 0.720. The number of hydrogen-bond donors (Lipinski definition) is 1. The first-order chi connectivity index (χ1) is 9.04. The molecular formula is C14H17F2N3. The molecule has 2 aromatic rings. The van der Waals surface area contributed by atoms with E-state index in [-0.39, 0.29) is 12.1 Å². The first-order valence-electron chi connectivity index (χ1n) is 6.20. The number of nitrogens with two attached hydrogens (primary N) is 1. The molecular weight excluding hydrogens is 248 g/mol. The van der Waals surface area contributed by atoms with Gasteiger partial charge in [-0.1, -0.05) is 6.07 Å². The van der Waals surface area contributed by atoms with Crippen LogP contribution in [0.4, 0.5) is 8.78 Å². The molecule has 0 saturated carbocycles. The topological polar surface area (TPSA) is 43.8 Å². The van der Waals surface area contributed by atoms with Crippen molar-refractivity contribution in [3.8, 4) is 0 Å². The lowest BCUT2D eigenvalue weighted by Gasteiger charge is -2.07. The van der Waals surface area contributed by atoms with Gasteiger partial charge in [0.05, 0.1) is 12.2 Å². The zero-order valence-electron chi connectivity index (χ0n) is 11.1. The second kappa shape index (κ2) is 5.48. The third-order valence-electron chi connectivity index (χ3n) is 3.30. The minimum Gasteiger partial charge on any atom is -0.330 e. The maximum atomic E-state index is 13.6. The molecule has 2 rings (SSSR count). The predicted octanol–water partition coefficient (Wildman–Crippen LogP) is 2.33. The SMILES string of the molecule is Cc1nn(Cc2c(F)cccc2F)c(C)c1CCN. The third-order valence-corrected chi connectivity index (χ3v) is 3.30. The number of aryl methyl sites for hydroxylation is 1. The molecule has 0 spiro atoms. The largest absolute Gasteiger partial charge is 0.330 e. The Hall–Kier alpha value is -1.75. The van der Waals surface area contributed by atoms with Crippen molar-refractivity contribution in [2.45, 2.75) is 26.8 Å². The van der Waals surface area contributed by atoms with Crippen molar-refractivity contribution < 1.29 is 8.78 Å². The van der Waals surface area contributed by atoms with Crippen LogP contribution >= 0.6 is 0 Å². The van der Waals surface area contributed by atoms with E-state index in [2.05, 4.69) is 5.10 Å². The Balaban J connectivity index is 2.36. The first kappa shape index (κ1) is 13.7. The summed E-state index contributed by atoms with van der Waals surface area (Å²) in [5, 5.41) is 4.33. The van der Waals surface area contributed by atoms with E-state index in [0.29, 0.717) is 6.54 Å².